The summed E-state index contributed by atoms with van der Waals surface area (Å²) in [4.78, 5) is 11.9. The highest BCUT2D eigenvalue weighted by Gasteiger charge is 2.21. The number of methoxy groups -OCH3 is 1. The molecule has 0 saturated heterocycles. The average molecular weight is 297 g/mol. The van der Waals surface area contributed by atoms with Gasteiger partial charge in [-0.25, -0.2) is 4.39 Å². The number of halogens is 1. The first-order valence-electron chi connectivity index (χ1n) is 7.01. The molecule has 21 heavy (non-hydrogen) atoms. The van der Waals surface area contributed by atoms with Crippen molar-refractivity contribution in [3.8, 4) is 5.75 Å². The second-order valence-corrected chi connectivity index (χ2v) is 6.14. The zero-order valence-corrected chi connectivity index (χ0v) is 13.1. The maximum absolute atomic E-state index is 13.5. The van der Waals surface area contributed by atoms with Crippen LogP contribution in [-0.4, -0.2) is 30.8 Å². The van der Waals surface area contributed by atoms with Crippen LogP contribution >= 0.6 is 0 Å². The van der Waals surface area contributed by atoms with E-state index in [1.54, 1.807) is 13.0 Å². The van der Waals surface area contributed by atoms with Crippen LogP contribution in [0.2, 0.25) is 0 Å². The van der Waals surface area contributed by atoms with Gasteiger partial charge < -0.3 is 15.2 Å². The van der Waals surface area contributed by atoms with E-state index in [2.05, 4.69) is 5.32 Å². The first kappa shape index (κ1) is 17.4. The third kappa shape index (κ3) is 6.12. The molecule has 1 rings (SSSR count). The van der Waals surface area contributed by atoms with E-state index in [1.165, 1.54) is 19.2 Å². The fourth-order valence-electron chi connectivity index (χ4n) is 2.28. The highest BCUT2D eigenvalue weighted by Crippen LogP contribution is 2.21. The SMILES string of the molecule is COc1ccc(CC(=O)NCC(C)(C)CC(C)O)cc1F. The Morgan fingerprint density at radius 3 is 2.67 bits per heavy atom. The molecule has 0 spiro atoms. The van der Waals surface area contributed by atoms with Crippen LogP contribution in [-0.2, 0) is 11.2 Å². The standard InChI is InChI=1S/C16H24FNO3/c1-11(19)9-16(2,3)10-18-15(20)8-12-5-6-14(21-4)13(17)7-12/h5-7,11,19H,8-10H2,1-4H3,(H,18,20). The van der Waals surface area contributed by atoms with Gasteiger partial charge in [0.2, 0.25) is 5.91 Å². The summed E-state index contributed by atoms with van der Waals surface area (Å²) >= 11 is 0. The van der Waals surface area contributed by atoms with Crippen LogP contribution in [0.15, 0.2) is 18.2 Å². The van der Waals surface area contributed by atoms with E-state index in [0.717, 1.165) is 0 Å². The van der Waals surface area contributed by atoms with E-state index < -0.39 is 11.9 Å². The third-order valence-electron chi connectivity index (χ3n) is 3.19. The summed E-state index contributed by atoms with van der Waals surface area (Å²) in [6.07, 6.45) is 0.309. The summed E-state index contributed by atoms with van der Waals surface area (Å²) < 4.78 is 18.4. The summed E-state index contributed by atoms with van der Waals surface area (Å²) in [7, 11) is 1.40. The first-order valence-corrected chi connectivity index (χ1v) is 7.01. The fourth-order valence-corrected chi connectivity index (χ4v) is 2.28. The molecular formula is C16H24FNO3. The van der Waals surface area contributed by atoms with Crippen LogP contribution in [0.3, 0.4) is 0 Å². The molecule has 5 heteroatoms. The molecule has 0 aliphatic carbocycles. The van der Waals surface area contributed by atoms with E-state index >= 15 is 0 Å². The van der Waals surface area contributed by atoms with Crippen LogP contribution in [0.25, 0.3) is 0 Å². The molecule has 4 nitrogen and oxygen atoms in total. The fraction of sp³-hybridized carbons (Fsp3) is 0.562. The van der Waals surface area contributed by atoms with Gasteiger partial charge in [0.1, 0.15) is 0 Å². The van der Waals surface area contributed by atoms with Crippen molar-refractivity contribution >= 4 is 5.91 Å². The lowest BCUT2D eigenvalue weighted by atomic mass is 9.87. The van der Waals surface area contributed by atoms with Crippen molar-refractivity contribution in [2.45, 2.75) is 39.7 Å². The van der Waals surface area contributed by atoms with E-state index in [9.17, 15) is 14.3 Å². The monoisotopic (exact) mass is 297 g/mol. The normalized spacial score (nSPS) is 12.9. The molecular weight excluding hydrogens is 273 g/mol. The molecule has 0 aromatic heterocycles. The van der Waals surface area contributed by atoms with Gasteiger partial charge in [0.15, 0.2) is 11.6 Å². The second kappa shape index (κ2) is 7.41. The maximum Gasteiger partial charge on any atom is 0.224 e. The Morgan fingerprint density at radius 1 is 1.48 bits per heavy atom. The lowest BCUT2D eigenvalue weighted by molar-refractivity contribution is -0.121. The van der Waals surface area contributed by atoms with E-state index in [4.69, 9.17) is 4.74 Å². The molecule has 0 heterocycles. The Hall–Kier alpha value is -1.62. The molecule has 0 aliphatic rings. The van der Waals surface area contributed by atoms with E-state index in [0.29, 0.717) is 18.5 Å². The molecule has 0 radical (unpaired) electrons. The minimum Gasteiger partial charge on any atom is -0.494 e. The number of benzene rings is 1. The number of aliphatic hydroxyl groups excluding tert-OH is 1. The Bertz CT molecular complexity index is 486. The van der Waals surface area contributed by atoms with Crippen LogP contribution in [0.5, 0.6) is 5.75 Å². The van der Waals surface area contributed by atoms with Crippen LogP contribution in [0, 0.1) is 11.2 Å². The number of amides is 1. The first-order chi connectivity index (χ1) is 9.73. The van der Waals surface area contributed by atoms with Gasteiger partial charge in [-0.15, -0.1) is 0 Å². The van der Waals surface area contributed by atoms with Crippen molar-refractivity contribution in [1.82, 2.24) is 5.32 Å². The van der Waals surface area contributed by atoms with Crippen molar-refractivity contribution < 1.29 is 19.0 Å². The van der Waals surface area contributed by atoms with Crippen LogP contribution < -0.4 is 10.1 Å². The molecule has 2 N–H and O–H groups in total. The van der Waals surface area contributed by atoms with Gasteiger partial charge in [-0.05, 0) is 36.5 Å². The van der Waals surface area contributed by atoms with E-state index in [-0.39, 0.29) is 23.5 Å². The second-order valence-electron chi connectivity index (χ2n) is 6.14. The van der Waals surface area contributed by atoms with Crippen LogP contribution in [0.4, 0.5) is 4.39 Å². The van der Waals surface area contributed by atoms with Gasteiger partial charge >= 0.3 is 0 Å². The third-order valence-corrected chi connectivity index (χ3v) is 3.19. The molecule has 1 aromatic carbocycles. The quantitative estimate of drug-likeness (QED) is 0.812. The lowest BCUT2D eigenvalue weighted by Crippen LogP contribution is -2.36. The number of rotatable bonds is 7. The maximum atomic E-state index is 13.5. The van der Waals surface area contributed by atoms with Crippen molar-refractivity contribution in [2.75, 3.05) is 13.7 Å². The van der Waals surface area contributed by atoms with Crippen molar-refractivity contribution in [3.63, 3.8) is 0 Å². The van der Waals surface area contributed by atoms with Gasteiger partial charge in [0.25, 0.3) is 0 Å². The van der Waals surface area contributed by atoms with Gasteiger partial charge in [0.05, 0.1) is 19.6 Å². The van der Waals surface area contributed by atoms with Gasteiger partial charge in [-0.1, -0.05) is 19.9 Å². The molecule has 1 aromatic rings. The molecule has 0 fully saturated rings. The largest absolute Gasteiger partial charge is 0.494 e. The molecule has 1 atom stereocenters. The van der Waals surface area contributed by atoms with E-state index in [1.807, 2.05) is 13.8 Å². The van der Waals surface area contributed by atoms with Crippen molar-refractivity contribution in [3.05, 3.63) is 29.6 Å². The minimum absolute atomic E-state index is 0.117. The summed E-state index contributed by atoms with van der Waals surface area (Å²) in [5.41, 5.74) is 0.411. The summed E-state index contributed by atoms with van der Waals surface area (Å²) in [6.45, 7) is 6.15. The predicted molar refractivity (Wildman–Crippen MR) is 79.7 cm³/mol. The van der Waals surface area contributed by atoms with Gasteiger partial charge in [-0.2, -0.15) is 0 Å². The topological polar surface area (TPSA) is 58.6 Å². The number of hydrogen-bond acceptors (Lipinski definition) is 3. The summed E-state index contributed by atoms with van der Waals surface area (Å²) in [5, 5.41) is 12.2. The smallest absolute Gasteiger partial charge is 0.224 e. The Kier molecular flexibility index (Phi) is 6.15. The number of nitrogens with one attached hydrogen (secondary N) is 1. The molecule has 1 amide bonds. The Labute approximate surface area is 125 Å². The summed E-state index contributed by atoms with van der Waals surface area (Å²) in [5.74, 6) is -0.479. The summed E-state index contributed by atoms with van der Waals surface area (Å²) in [6, 6.07) is 4.48. The van der Waals surface area contributed by atoms with Crippen LogP contribution in [0.1, 0.15) is 32.8 Å². The van der Waals surface area contributed by atoms with Crippen molar-refractivity contribution in [2.24, 2.45) is 5.41 Å². The molecule has 0 saturated carbocycles. The number of hydrogen-bond donors (Lipinski definition) is 2. The zero-order chi connectivity index (χ0) is 16.0. The van der Waals surface area contributed by atoms with Gasteiger partial charge in [0, 0.05) is 6.54 Å². The Balaban J connectivity index is 2.52. The number of carbonyl (C=O) groups is 1. The predicted octanol–water partition coefficient (Wildman–Crippen LogP) is 2.29. The molecule has 0 aliphatic heterocycles. The average Bonchev–Trinajstić information content (AvgIpc) is 2.35. The highest BCUT2D eigenvalue weighted by atomic mass is 19.1. The molecule has 0 bridgehead atoms. The van der Waals surface area contributed by atoms with Crippen molar-refractivity contribution in [1.29, 1.82) is 0 Å². The number of aliphatic hydroxyl groups is 1. The lowest BCUT2D eigenvalue weighted by Gasteiger charge is -2.26. The zero-order valence-electron chi connectivity index (χ0n) is 13.1. The number of carbonyl (C=O) groups excluding carboxylic acids is 1. The Morgan fingerprint density at radius 2 is 2.14 bits per heavy atom. The number of ether oxygens (including phenoxy) is 1. The van der Waals surface area contributed by atoms with Gasteiger partial charge in [-0.3, -0.25) is 4.79 Å². The molecule has 1 unspecified atom stereocenters. The highest BCUT2D eigenvalue weighted by molar-refractivity contribution is 5.78. The minimum atomic E-state index is -0.475. The molecule has 118 valence electrons.